The Morgan fingerprint density at radius 3 is 2.89 bits per heavy atom. The summed E-state index contributed by atoms with van der Waals surface area (Å²) in [4.78, 5) is 11.6. The Balaban J connectivity index is 2.26. The Labute approximate surface area is 109 Å². The predicted octanol–water partition coefficient (Wildman–Crippen LogP) is 2.80. The molecule has 0 saturated heterocycles. The van der Waals surface area contributed by atoms with Crippen LogP contribution in [-0.2, 0) is 11.2 Å². The summed E-state index contributed by atoms with van der Waals surface area (Å²) in [6.45, 7) is 6.07. The van der Waals surface area contributed by atoms with Gasteiger partial charge in [0.15, 0.2) is 0 Å². The van der Waals surface area contributed by atoms with Crippen molar-refractivity contribution in [2.24, 2.45) is 0 Å². The van der Waals surface area contributed by atoms with Crippen molar-refractivity contribution in [3.05, 3.63) is 29.8 Å². The number of nitrogens with one attached hydrogen (secondary N) is 2. The molecule has 1 rings (SSSR count). The van der Waals surface area contributed by atoms with Crippen molar-refractivity contribution in [1.82, 2.24) is 5.32 Å². The van der Waals surface area contributed by atoms with Crippen molar-refractivity contribution >= 4 is 11.7 Å². The van der Waals surface area contributed by atoms with E-state index in [4.69, 9.17) is 4.74 Å². The van der Waals surface area contributed by atoms with Gasteiger partial charge in [0, 0.05) is 25.4 Å². The normalized spacial score (nSPS) is 10.1. The summed E-state index contributed by atoms with van der Waals surface area (Å²) in [7, 11) is 0. The summed E-state index contributed by atoms with van der Waals surface area (Å²) in [6, 6.07) is 7.70. The van der Waals surface area contributed by atoms with Gasteiger partial charge in [-0.15, -0.1) is 0 Å². The zero-order valence-corrected chi connectivity index (χ0v) is 11.2. The maximum atomic E-state index is 11.6. The third-order valence-electron chi connectivity index (χ3n) is 2.55. The monoisotopic (exact) mass is 250 g/mol. The molecule has 0 radical (unpaired) electrons. The standard InChI is InChI=1S/C14H22N2O2/c1-3-12-7-5-8-13(11-12)16-14(17)15-9-6-10-18-4-2/h5,7-8,11H,3-4,6,9-10H2,1-2H3,(H2,15,16,17). The number of urea groups is 1. The van der Waals surface area contributed by atoms with Crippen LogP contribution in [0.15, 0.2) is 24.3 Å². The lowest BCUT2D eigenvalue weighted by atomic mass is 10.1. The average Bonchev–Trinajstić information content (AvgIpc) is 2.38. The summed E-state index contributed by atoms with van der Waals surface area (Å²) in [5.41, 5.74) is 2.04. The van der Waals surface area contributed by atoms with Crippen LogP contribution in [0.25, 0.3) is 0 Å². The molecular formula is C14H22N2O2. The molecule has 18 heavy (non-hydrogen) atoms. The van der Waals surface area contributed by atoms with Gasteiger partial charge in [0.25, 0.3) is 0 Å². The molecule has 0 heterocycles. The number of carbonyl (C=O) groups is 1. The fourth-order valence-corrected chi connectivity index (χ4v) is 1.56. The first kappa shape index (κ1) is 14.5. The quantitative estimate of drug-likeness (QED) is 0.731. The maximum absolute atomic E-state index is 11.6. The van der Waals surface area contributed by atoms with Crippen LogP contribution >= 0.6 is 0 Å². The zero-order valence-electron chi connectivity index (χ0n) is 11.2. The predicted molar refractivity (Wildman–Crippen MR) is 74.0 cm³/mol. The number of ether oxygens (including phenoxy) is 1. The molecule has 0 aliphatic rings. The summed E-state index contributed by atoms with van der Waals surface area (Å²) >= 11 is 0. The van der Waals surface area contributed by atoms with Gasteiger partial charge < -0.3 is 15.4 Å². The van der Waals surface area contributed by atoms with E-state index in [1.54, 1.807) is 0 Å². The number of anilines is 1. The summed E-state index contributed by atoms with van der Waals surface area (Å²) in [5, 5.41) is 5.61. The number of hydrogen-bond donors (Lipinski definition) is 2. The van der Waals surface area contributed by atoms with E-state index in [-0.39, 0.29) is 6.03 Å². The number of hydrogen-bond acceptors (Lipinski definition) is 2. The number of carbonyl (C=O) groups excluding carboxylic acids is 1. The van der Waals surface area contributed by atoms with E-state index in [1.807, 2.05) is 31.2 Å². The summed E-state index contributed by atoms with van der Waals surface area (Å²) in [6.07, 6.45) is 1.79. The minimum atomic E-state index is -0.167. The van der Waals surface area contributed by atoms with E-state index >= 15 is 0 Å². The Morgan fingerprint density at radius 2 is 2.17 bits per heavy atom. The second kappa shape index (κ2) is 8.53. The van der Waals surface area contributed by atoms with Crippen LogP contribution in [0.4, 0.5) is 10.5 Å². The van der Waals surface area contributed by atoms with Gasteiger partial charge in [0.1, 0.15) is 0 Å². The van der Waals surface area contributed by atoms with Crippen molar-refractivity contribution in [1.29, 1.82) is 0 Å². The van der Waals surface area contributed by atoms with Crippen LogP contribution in [0.1, 0.15) is 25.8 Å². The number of aryl methyl sites for hydroxylation is 1. The Morgan fingerprint density at radius 1 is 1.33 bits per heavy atom. The van der Waals surface area contributed by atoms with E-state index in [2.05, 4.69) is 17.6 Å². The smallest absolute Gasteiger partial charge is 0.319 e. The van der Waals surface area contributed by atoms with Crippen LogP contribution in [0.2, 0.25) is 0 Å². The molecule has 0 fully saturated rings. The van der Waals surface area contributed by atoms with E-state index in [9.17, 15) is 4.79 Å². The fourth-order valence-electron chi connectivity index (χ4n) is 1.56. The molecule has 100 valence electrons. The largest absolute Gasteiger partial charge is 0.382 e. The first-order valence-corrected chi connectivity index (χ1v) is 6.47. The first-order chi connectivity index (χ1) is 8.76. The molecule has 0 aliphatic carbocycles. The molecule has 2 N–H and O–H groups in total. The van der Waals surface area contributed by atoms with Crippen LogP contribution in [0.3, 0.4) is 0 Å². The van der Waals surface area contributed by atoms with Gasteiger partial charge in [0.05, 0.1) is 0 Å². The van der Waals surface area contributed by atoms with E-state index < -0.39 is 0 Å². The minimum absolute atomic E-state index is 0.167. The Hall–Kier alpha value is -1.55. The first-order valence-electron chi connectivity index (χ1n) is 6.47. The van der Waals surface area contributed by atoms with E-state index in [0.717, 1.165) is 25.1 Å². The molecular weight excluding hydrogens is 228 g/mol. The third kappa shape index (κ3) is 5.68. The average molecular weight is 250 g/mol. The zero-order chi connectivity index (χ0) is 13.2. The maximum Gasteiger partial charge on any atom is 0.319 e. The van der Waals surface area contributed by atoms with Crippen LogP contribution < -0.4 is 10.6 Å². The number of amides is 2. The summed E-state index contributed by atoms with van der Waals surface area (Å²) in [5.74, 6) is 0. The molecule has 1 aromatic rings. The van der Waals surface area contributed by atoms with Gasteiger partial charge in [-0.25, -0.2) is 4.79 Å². The molecule has 0 atom stereocenters. The lowest BCUT2D eigenvalue weighted by molar-refractivity contribution is 0.145. The molecule has 0 spiro atoms. The second-order valence-corrected chi connectivity index (χ2v) is 3.99. The van der Waals surface area contributed by atoms with E-state index in [1.165, 1.54) is 5.56 Å². The van der Waals surface area contributed by atoms with Gasteiger partial charge in [-0.1, -0.05) is 19.1 Å². The fraction of sp³-hybridized carbons (Fsp3) is 0.500. The molecule has 0 aliphatic heterocycles. The van der Waals surface area contributed by atoms with Gasteiger partial charge in [-0.2, -0.15) is 0 Å². The molecule has 0 unspecified atom stereocenters. The molecule has 0 aromatic heterocycles. The van der Waals surface area contributed by atoms with Gasteiger partial charge in [-0.05, 0) is 37.5 Å². The van der Waals surface area contributed by atoms with Gasteiger partial charge in [0.2, 0.25) is 0 Å². The van der Waals surface area contributed by atoms with Gasteiger partial charge >= 0.3 is 6.03 Å². The molecule has 4 heteroatoms. The Kier molecular flexibility index (Phi) is 6.87. The highest BCUT2D eigenvalue weighted by Crippen LogP contribution is 2.10. The minimum Gasteiger partial charge on any atom is -0.382 e. The Bertz CT molecular complexity index is 367. The molecule has 0 saturated carbocycles. The molecule has 1 aromatic carbocycles. The molecule has 4 nitrogen and oxygen atoms in total. The lowest BCUT2D eigenvalue weighted by Crippen LogP contribution is -2.30. The van der Waals surface area contributed by atoms with Gasteiger partial charge in [-0.3, -0.25) is 0 Å². The highest BCUT2D eigenvalue weighted by Gasteiger charge is 2.01. The molecule has 2 amide bonds. The number of rotatable bonds is 7. The SMILES string of the molecule is CCOCCCNC(=O)Nc1cccc(CC)c1. The molecule has 0 bridgehead atoms. The second-order valence-electron chi connectivity index (χ2n) is 3.99. The van der Waals surface area contributed by atoms with Crippen LogP contribution in [-0.4, -0.2) is 25.8 Å². The van der Waals surface area contributed by atoms with Crippen molar-refractivity contribution in [3.63, 3.8) is 0 Å². The van der Waals surface area contributed by atoms with Crippen molar-refractivity contribution in [2.75, 3.05) is 25.1 Å². The van der Waals surface area contributed by atoms with Crippen LogP contribution in [0.5, 0.6) is 0 Å². The lowest BCUT2D eigenvalue weighted by Gasteiger charge is -2.08. The highest BCUT2D eigenvalue weighted by molar-refractivity contribution is 5.89. The highest BCUT2D eigenvalue weighted by atomic mass is 16.5. The van der Waals surface area contributed by atoms with E-state index in [0.29, 0.717) is 13.2 Å². The third-order valence-corrected chi connectivity index (χ3v) is 2.55. The summed E-state index contributed by atoms with van der Waals surface area (Å²) < 4.78 is 5.19. The van der Waals surface area contributed by atoms with Crippen molar-refractivity contribution in [3.8, 4) is 0 Å². The van der Waals surface area contributed by atoms with Crippen molar-refractivity contribution in [2.45, 2.75) is 26.7 Å². The topological polar surface area (TPSA) is 50.4 Å². The van der Waals surface area contributed by atoms with Crippen molar-refractivity contribution < 1.29 is 9.53 Å². The van der Waals surface area contributed by atoms with Crippen LogP contribution in [0, 0.1) is 0 Å². The number of benzene rings is 1.